The lowest BCUT2D eigenvalue weighted by Crippen LogP contribution is -1.93. The summed E-state index contributed by atoms with van der Waals surface area (Å²) in [6, 6.07) is 0. The Kier molecular flexibility index (Phi) is 5.53. The van der Waals surface area contributed by atoms with Gasteiger partial charge in [0.25, 0.3) is 0 Å². The number of allylic oxidation sites excluding steroid dienone is 2. The highest BCUT2D eigenvalue weighted by atomic mass is 16.5. The monoisotopic (exact) mass is 156 g/mol. The molecule has 0 N–H and O–H groups in total. The fourth-order valence-corrected chi connectivity index (χ4v) is 0.705. The zero-order valence-electron chi connectivity index (χ0n) is 7.52. The quantitative estimate of drug-likeness (QED) is 0.347. The molecular formula is C9H16O2. The Morgan fingerprint density at radius 2 is 2.09 bits per heavy atom. The maximum absolute atomic E-state index is 10.5. The number of ketones is 1. The first-order valence-corrected chi connectivity index (χ1v) is 3.98. The van der Waals surface area contributed by atoms with Gasteiger partial charge in [0.05, 0.1) is 12.4 Å². The molecule has 11 heavy (non-hydrogen) atoms. The molecule has 0 aliphatic carbocycles. The number of carbonyl (C=O) groups excluding carboxylic acids is 1. The van der Waals surface area contributed by atoms with Gasteiger partial charge < -0.3 is 4.74 Å². The zero-order chi connectivity index (χ0) is 8.69. The fourth-order valence-electron chi connectivity index (χ4n) is 0.705. The Morgan fingerprint density at radius 1 is 1.45 bits per heavy atom. The number of hydrogen-bond donors (Lipinski definition) is 0. The molecule has 0 bridgehead atoms. The van der Waals surface area contributed by atoms with Crippen LogP contribution in [0.25, 0.3) is 0 Å². The van der Waals surface area contributed by atoms with Gasteiger partial charge in [-0.15, -0.1) is 0 Å². The van der Waals surface area contributed by atoms with Gasteiger partial charge in [0.1, 0.15) is 0 Å². The summed E-state index contributed by atoms with van der Waals surface area (Å²) in [6.45, 7) is 6.14. The van der Waals surface area contributed by atoms with E-state index in [1.165, 1.54) is 13.0 Å². The fraction of sp³-hybridized carbons (Fsp3) is 0.667. The van der Waals surface area contributed by atoms with Crippen molar-refractivity contribution in [3.63, 3.8) is 0 Å². The Morgan fingerprint density at radius 3 is 2.55 bits per heavy atom. The van der Waals surface area contributed by atoms with Gasteiger partial charge in [-0.1, -0.05) is 13.3 Å². The van der Waals surface area contributed by atoms with E-state index in [4.69, 9.17) is 4.74 Å². The average Bonchev–Trinajstić information content (AvgIpc) is 1.86. The molecule has 0 aliphatic rings. The first-order chi connectivity index (χ1) is 5.16. The van der Waals surface area contributed by atoms with E-state index >= 15 is 0 Å². The van der Waals surface area contributed by atoms with E-state index in [1.54, 1.807) is 6.92 Å². The molecule has 0 aromatic heterocycles. The molecule has 0 saturated carbocycles. The van der Waals surface area contributed by atoms with Crippen molar-refractivity contribution >= 4 is 5.78 Å². The van der Waals surface area contributed by atoms with Gasteiger partial charge in [-0.25, -0.2) is 0 Å². The van der Waals surface area contributed by atoms with Crippen molar-refractivity contribution < 1.29 is 9.53 Å². The van der Waals surface area contributed by atoms with E-state index in [2.05, 4.69) is 6.92 Å². The summed E-state index contributed by atoms with van der Waals surface area (Å²) in [4.78, 5) is 10.5. The van der Waals surface area contributed by atoms with Crippen LogP contribution in [0, 0.1) is 0 Å². The summed E-state index contributed by atoms with van der Waals surface area (Å²) in [6.07, 6.45) is 3.67. The topological polar surface area (TPSA) is 26.3 Å². The van der Waals surface area contributed by atoms with Crippen LogP contribution in [0.4, 0.5) is 0 Å². The Labute approximate surface area is 68.2 Å². The van der Waals surface area contributed by atoms with Gasteiger partial charge in [0.2, 0.25) is 0 Å². The molecule has 0 radical (unpaired) electrons. The summed E-state index contributed by atoms with van der Waals surface area (Å²) in [5.41, 5.74) is 0. The molecule has 0 saturated heterocycles. The maximum Gasteiger partial charge on any atom is 0.155 e. The van der Waals surface area contributed by atoms with Gasteiger partial charge in [0, 0.05) is 6.08 Å². The molecule has 0 fully saturated rings. The van der Waals surface area contributed by atoms with E-state index in [1.807, 2.05) is 0 Å². The van der Waals surface area contributed by atoms with E-state index in [9.17, 15) is 4.79 Å². The standard InChI is InChI=1S/C9H16O2/c1-4-5-6-11-9(3)7-8(2)10/h7H,4-6H2,1-3H3. The first-order valence-electron chi connectivity index (χ1n) is 3.98. The molecule has 0 spiro atoms. The third kappa shape index (κ3) is 7.10. The second-order valence-electron chi connectivity index (χ2n) is 2.57. The molecular weight excluding hydrogens is 140 g/mol. The van der Waals surface area contributed by atoms with Crippen molar-refractivity contribution in [2.45, 2.75) is 33.6 Å². The van der Waals surface area contributed by atoms with Crippen LogP contribution < -0.4 is 0 Å². The maximum atomic E-state index is 10.5. The molecule has 2 heteroatoms. The molecule has 0 aliphatic heterocycles. The van der Waals surface area contributed by atoms with Crippen LogP contribution in [0.3, 0.4) is 0 Å². The van der Waals surface area contributed by atoms with Crippen molar-refractivity contribution in [2.24, 2.45) is 0 Å². The molecule has 0 amide bonds. The lowest BCUT2D eigenvalue weighted by molar-refractivity contribution is -0.112. The molecule has 0 atom stereocenters. The molecule has 0 aromatic rings. The van der Waals surface area contributed by atoms with Crippen LogP contribution in [0.5, 0.6) is 0 Å². The normalized spacial score (nSPS) is 11.4. The highest BCUT2D eigenvalue weighted by Crippen LogP contribution is 1.98. The van der Waals surface area contributed by atoms with Gasteiger partial charge in [0.15, 0.2) is 5.78 Å². The second kappa shape index (κ2) is 5.96. The third-order valence-corrected chi connectivity index (χ3v) is 1.23. The van der Waals surface area contributed by atoms with E-state index in [0.717, 1.165) is 12.8 Å². The van der Waals surface area contributed by atoms with E-state index in [-0.39, 0.29) is 5.78 Å². The van der Waals surface area contributed by atoms with Gasteiger partial charge in [-0.05, 0) is 20.3 Å². The molecule has 64 valence electrons. The van der Waals surface area contributed by atoms with Crippen LogP contribution in [0.2, 0.25) is 0 Å². The van der Waals surface area contributed by atoms with Gasteiger partial charge >= 0.3 is 0 Å². The largest absolute Gasteiger partial charge is 0.498 e. The number of rotatable bonds is 5. The Bertz CT molecular complexity index is 148. The average molecular weight is 156 g/mol. The van der Waals surface area contributed by atoms with Crippen molar-refractivity contribution in [1.82, 2.24) is 0 Å². The van der Waals surface area contributed by atoms with Crippen LogP contribution in [-0.2, 0) is 9.53 Å². The van der Waals surface area contributed by atoms with Crippen molar-refractivity contribution in [3.05, 3.63) is 11.8 Å². The van der Waals surface area contributed by atoms with Crippen LogP contribution in [0.15, 0.2) is 11.8 Å². The highest BCUT2D eigenvalue weighted by molar-refractivity contribution is 5.87. The molecule has 2 nitrogen and oxygen atoms in total. The Balaban J connectivity index is 3.51. The first kappa shape index (κ1) is 10.2. The summed E-state index contributed by atoms with van der Waals surface area (Å²) in [5, 5.41) is 0. The summed E-state index contributed by atoms with van der Waals surface area (Å²) >= 11 is 0. The van der Waals surface area contributed by atoms with Gasteiger partial charge in [-0.2, -0.15) is 0 Å². The molecule has 0 aromatic carbocycles. The number of hydrogen-bond acceptors (Lipinski definition) is 2. The predicted molar refractivity (Wildman–Crippen MR) is 45.3 cm³/mol. The minimum Gasteiger partial charge on any atom is -0.498 e. The summed E-state index contributed by atoms with van der Waals surface area (Å²) in [7, 11) is 0. The SMILES string of the molecule is CCCCOC(C)=CC(C)=O. The van der Waals surface area contributed by atoms with E-state index < -0.39 is 0 Å². The number of carbonyl (C=O) groups is 1. The minimum atomic E-state index is 0.0407. The smallest absolute Gasteiger partial charge is 0.155 e. The Hall–Kier alpha value is -0.790. The van der Waals surface area contributed by atoms with Crippen LogP contribution >= 0.6 is 0 Å². The van der Waals surface area contributed by atoms with Gasteiger partial charge in [-0.3, -0.25) is 4.79 Å². The molecule has 0 unspecified atom stereocenters. The van der Waals surface area contributed by atoms with Crippen molar-refractivity contribution in [2.75, 3.05) is 6.61 Å². The highest BCUT2D eigenvalue weighted by Gasteiger charge is 1.91. The third-order valence-electron chi connectivity index (χ3n) is 1.23. The molecule has 0 rings (SSSR count). The zero-order valence-corrected chi connectivity index (χ0v) is 7.52. The second-order valence-corrected chi connectivity index (χ2v) is 2.57. The lowest BCUT2D eigenvalue weighted by Gasteiger charge is -2.03. The van der Waals surface area contributed by atoms with Crippen LogP contribution in [-0.4, -0.2) is 12.4 Å². The van der Waals surface area contributed by atoms with Crippen molar-refractivity contribution in [1.29, 1.82) is 0 Å². The number of ether oxygens (including phenoxy) is 1. The lowest BCUT2D eigenvalue weighted by atomic mass is 10.3. The summed E-state index contributed by atoms with van der Waals surface area (Å²) in [5.74, 6) is 0.755. The van der Waals surface area contributed by atoms with Crippen LogP contribution in [0.1, 0.15) is 33.6 Å². The van der Waals surface area contributed by atoms with Crippen molar-refractivity contribution in [3.8, 4) is 0 Å². The number of unbranched alkanes of at least 4 members (excludes halogenated alkanes) is 1. The molecule has 0 heterocycles. The summed E-state index contributed by atoms with van der Waals surface area (Å²) < 4.78 is 5.23. The predicted octanol–water partition coefficient (Wildman–Crippen LogP) is 2.30. The van der Waals surface area contributed by atoms with E-state index in [0.29, 0.717) is 12.4 Å². The minimum absolute atomic E-state index is 0.0407.